The largest absolute Gasteiger partial charge is 0.435 e. The molecule has 0 aromatic heterocycles. The van der Waals surface area contributed by atoms with Gasteiger partial charge >= 0.3 is 6.18 Å². The van der Waals surface area contributed by atoms with Crippen molar-refractivity contribution < 1.29 is 32.3 Å². The van der Waals surface area contributed by atoms with Crippen LogP contribution in [0.3, 0.4) is 0 Å². The molecule has 0 spiro atoms. The van der Waals surface area contributed by atoms with E-state index in [1.54, 1.807) is 0 Å². The zero-order valence-electron chi connectivity index (χ0n) is 20.4. The summed E-state index contributed by atoms with van der Waals surface area (Å²) >= 11 is 18.2. The third kappa shape index (κ3) is 7.07. The summed E-state index contributed by atoms with van der Waals surface area (Å²) in [5.74, 6) is -1.24. The number of allylic oxidation sites excluding steroid dienone is 4. The lowest BCUT2D eigenvalue weighted by Gasteiger charge is -2.30. The predicted octanol–water partition coefficient (Wildman–Crippen LogP) is 6.40. The summed E-state index contributed by atoms with van der Waals surface area (Å²) in [4.78, 5) is 29.2. The van der Waals surface area contributed by atoms with Crippen LogP contribution in [0.5, 0.6) is 0 Å². The van der Waals surface area contributed by atoms with Crippen molar-refractivity contribution in [3.05, 3.63) is 62.7 Å². The highest BCUT2D eigenvalue weighted by atomic mass is 35.5. The van der Waals surface area contributed by atoms with Gasteiger partial charge in [0, 0.05) is 48.1 Å². The van der Waals surface area contributed by atoms with Gasteiger partial charge in [0.05, 0.1) is 16.4 Å². The molecule has 1 N–H and O–H groups in total. The average Bonchev–Trinajstić information content (AvgIpc) is 3.21. The number of carbonyl (C=O) groups is 2. The molecule has 1 aliphatic heterocycles. The van der Waals surface area contributed by atoms with Crippen LogP contribution in [0.1, 0.15) is 39.2 Å². The maximum Gasteiger partial charge on any atom is 0.435 e. The fourth-order valence-corrected chi connectivity index (χ4v) is 4.17. The average molecular weight is 583 g/mol. The van der Waals surface area contributed by atoms with Gasteiger partial charge in [0.1, 0.15) is 6.61 Å². The van der Waals surface area contributed by atoms with Crippen LogP contribution in [-0.4, -0.2) is 43.0 Å². The topological polar surface area (TPSA) is 80.2 Å². The van der Waals surface area contributed by atoms with Crippen molar-refractivity contribution in [2.75, 3.05) is 18.7 Å². The van der Waals surface area contributed by atoms with Crippen LogP contribution in [0, 0.1) is 0 Å². The first-order chi connectivity index (χ1) is 17.4. The molecule has 1 aromatic rings. The van der Waals surface area contributed by atoms with Crippen molar-refractivity contribution in [1.82, 2.24) is 5.43 Å². The Balaban J connectivity index is 0.00000235. The van der Waals surface area contributed by atoms with Gasteiger partial charge in [0.15, 0.2) is 0 Å². The Bertz CT molecular complexity index is 1170. The highest BCUT2D eigenvalue weighted by molar-refractivity contribution is 6.35. The number of nitrogens with zero attached hydrogens (tertiary/aromatic N) is 2. The Hall–Kier alpha value is -2.53. The van der Waals surface area contributed by atoms with Crippen LogP contribution in [-0.2, 0) is 19.2 Å². The second-order valence-electron chi connectivity index (χ2n) is 7.60. The van der Waals surface area contributed by atoms with Gasteiger partial charge in [-0.3, -0.25) is 15.0 Å². The zero-order valence-corrected chi connectivity index (χ0v) is 22.6. The lowest BCUT2D eigenvalue weighted by atomic mass is 9.85. The normalized spacial score (nSPS) is 19.2. The van der Waals surface area contributed by atoms with Crippen molar-refractivity contribution in [3.63, 3.8) is 0 Å². The van der Waals surface area contributed by atoms with E-state index in [9.17, 15) is 22.8 Å². The zero-order chi connectivity index (χ0) is 28.0. The van der Waals surface area contributed by atoms with Gasteiger partial charge in [0.25, 0.3) is 11.5 Å². The Kier molecular flexibility index (Phi) is 10.6. The third-order valence-corrected chi connectivity index (χ3v) is 5.91. The molecule has 2 aliphatic rings. The molecular formula is C24H25Cl3F3N3O4. The summed E-state index contributed by atoms with van der Waals surface area (Å²) in [6.07, 6.45) is -1.73. The van der Waals surface area contributed by atoms with Gasteiger partial charge in [-0.1, -0.05) is 65.9 Å². The minimum Gasteiger partial charge on any atom is -0.375 e. The van der Waals surface area contributed by atoms with Gasteiger partial charge in [0.2, 0.25) is 5.91 Å². The summed E-state index contributed by atoms with van der Waals surface area (Å²) in [7, 11) is 1.30. The van der Waals surface area contributed by atoms with E-state index in [0.29, 0.717) is 0 Å². The number of alkyl halides is 3. The number of anilines is 1. The maximum atomic E-state index is 14.3. The number of carbonyl (C=O) groups excluding carboxylic acids is 2. The first-order valence-electron chi connectivity index (χ1n) is 11.0. The molecule has 3 rings (SSSR count). The first kappa shape index (κ1) is 30.7. The molecule has 7 nitrogen and oxygen atoms in total. The van der Waals surface area contributed by atoms with Gasteiger partial charge in [-0.05, 0) is 24.3 Å². The minimum atomic E-state index is -4.86. The Morgan fingerprint density at radius 3 is 2.49 bits per heavy atom. The van der Waals surface area contributed by atoms with Gasteiger partial charge in [-0.2, -0.15) is 13.2 Å². The molecule has 0 saturated carbocycles. The molecule has 0 bridgehead atoms. The molecule has 0 fully saturated rings. The third-order valence-electron chi connectivity index (χ3n) is 5.10. The molecule has 13 heteroatoms. The van der Waals surface area contributed by atoms with E-state index in [2.05, 4.69) is 10.6 Å². The van der Waals surface area contributed by atoms with E-state index in [1.807, 2.05) is 13.8 Å². The van der Waals surface area contributed by atoms with Crippen LogP contribution in [0.15, 0.2) is 57.2 Å². The lowest BCUT2D eigenvalue weighted by Crippen LogP contribution is -2.47. The van der Waals surface area contributed by atoms with Gasteiger partial charge in [-0.15, -0.1) is 0 Å². The molecular weight excluding hydrogens is 558 g/mol. The fraction of sp³-hybridized carbons (Fsp3) is 0.375. The van der Waals surface area contributed by atoms with E-state index in [0.717, 1.165) is 11.1 Å². The molecule has 0 saturated heterocycles. The summed E-state index contributed by atoms with van der Waals surface area (Å²) in [5, 5.41) is 4.92. The predicted molar refractivity (Wildman–Crippen MR) is 138 cm³/mol. The van der Waals surface area contributed by atoms with Crippen LogP contribution in [0.4, 0.5) is 18.9 Å². The molecule has 202 valence electrons. The number of amides is 2. The molecule has 1 aromatic carbocycles. The standard InChI is InChI=1S/C22H19Cl3F3N3O4.C2H6/c1-12(32)31(29-20(33)11-34-2)19-7-13(3-6-17(19)25)18-10-21(35-30-18,22(26,27)28)14-4-5-15(23)9-16(24)8-14;1-2/h3-4,6-9H,5,10-11H2,1-2H3,(H,29,33);1-2H3. The van der Waals surface area contributed by atoms with Gasteiger partial charge in [-0.25, -0.2) is 5.01 Å². The SMILES string of the molecule is CC.COCC(=O)NN(C(C)=O)c1cc(C2=NOC(C3=CCC(Cl)=CC(Cl)=C3)(C(F)(F)F)C2)ccc1Cl. The number of methoxy groups -OCH3 is 1. The van der Waals surface area contributed by atoms with Gasteiger partial charge < -0.3 is 9.57 Å². The lowest BCUT2D eigenvalue weighted by molar-refractivity contribution is -0.251. The number of halogens is 6. The number of hydrogen-bond donors (Lipinski definition) is 1. The number of rotatable bonds is 5. The van der Waals surface area contributed by atoms with Crippen molar-refractivity contribution in [3.8, 4) is 0 Å². The Morgan fingerprint density at radius 2 is 1.89 bits per heavy atom. The van der Waals surface area contributed by atoms with Crippen LogP contribution in [0.25, 0.3) is 0 Å². The summed E-state index contributed by atoms with van der Waals surface area (Å²) in [5.41, 5.74) is -0.538. The number of oxime groups is 1. The van der Waals surface area contributed by atoms with E-state index < -0.39 is 30.0 Å². The van der Waals surface area contributed by atoms with Crippen LogP contribution < -0.4 is 10.4 Å². The smallest absolute Gasteiger partial charge is 0.375 e. The summed E-state index contributed by atoms with van der Waals surface area (Å²) in [6.45, 7) is 4.84. The van der Waals surface area contributed by atoms with E-state index in [1.165, 1.54) is 44.4 Å². The first-order valence-corrected chi connectivity index (χ1v) is 12.2. The molecule has 1 unspecified atom stereocenters. The molecule has 2 amide bonds. The molecule has 1 aliphatic carbocycles. The summed E-state index contributed by atoms with van der Waals surface area (Å²) in [6, 6.07) is 4.12. The monoisotopic (exact) mass is 581 g/mol. The quantitative estimate of drug-likeness (QED) is 0.408. The van der Waals surface area contributed by atoms with Crippen molar-refractivity contribution >= 4 is 58.0 Å². The molecule has 1 atom stereocenters. The Labute approximate surface area is 227 Å². The molecule has 37 heavy (non-hydrogen) atoms. The number of benzene rings is 1. The van der Waals surface area contributed by atoms with E-state index in [-0.39, 0.29) is 50.7 Å². The molecule has 0 radical (unpaired) electrons. The highest BCUT2D eigenvalue weighted by Crippen LogP contribution is 2.48. The van der Waals surface area contributed by atoms with Crippen molar-refractivity contribution in [2.24, 2.45) is 5.16 Å². The molecule has 1 heterocycles. The van der Waals surface area contributed by atoms with E-state index in [4.69, 9.17) is 44.4 Å². The van der Waals surface area contributed by atoms with E-state index >= 15 is 0 Å². The van der Waals surface area contributed by atoms with Crippen LogP contribution >= 0.6 is 34.8 Å². The number of hydrogen-bond acceptors (Lipinski definition) is 5. The number of ether oxygens (including phenoxy) is 1. The maximum absolute atomic E-state index is 14.3. The van der Waals surface area contributed by atoms with Crippen LogP contribution in [0.2, 0.25) is 5.02 Å². The fourth-order valence-electron chi connectivity index (χ4n) is 3.47. The second-order valence-corrected chi connectivity index (χ2v) is 8.93. The second kappa shape index (κ2) is 12.8. The summed E-state index contributed by atoms with van der Waals surface area (Å²) < 4.78 is 47.8. The number of hydrazine groups is 1. The van der Waals surface area contributed by atoms with Crippen molar-refractivity contribution in [2.45, 2.75) is 45.4 Å². The Morgan fingerprint density at radius 1 is 1.22 bits per heavy atom. The minimum absolute atomic E-state index is 0.0112. The number of nitrogens with one attached hydrogen (secondary N) is 1. The highest BCUT2D eigenvalue weighted by Gasteiger charge is 2.63. The van der Waals surface area contributed by atoms with Crippen molar-refractivity contribution in [1.29, 1.82) is 0 Å².